The minimum absolute atomic E-state index is 0.213. The summed E-state index contributed by atoms with van der Waals surface area (Å²) in [4.78, 5) is 26.5. The Labute approximate surface area is 136 Å². The van der Waals surface area contributed by atoms with E-state index in [0.717, 1.165) is 22.3 Å². The molecular formula is C19H20N2O2. The smallest absolute Gasteiger partial charge is 0.319 e. The molecular weight excluding hydrogens is 288 g/mol. The molecule has 4 heteroatoms. The number of imide groups is 1. The van der Waals surface area contributed by atoms with Crippen molar-refractivity contribution in [3.05, 3.63) is 70.8 Å². The molecule has 0 aliphatic carbocycles. The van der Waals surface area contributed by atoms with Crippen molar-refractivity contribution in [1.29, 1.82) is 0 Å². The van der Waals surface area contributed by atoms with Gasteiger partial charge in [0.25, 0.3) is 5.91 Å². The van der Waals surface area contributed by atoms with Crippen molar-refractivity contribution in [2.45, 2.75) is 32.9 Å². The summed E-state index contributed by atoms with van der Waals surface area (Å²) < 4.78 is 0. The number of amides is 3. The van der Waals surface area contributed by atoms with Gasteiger partial charge in [0.15, 0.2) is 0 Å². The normalized spacial score (nSPS) is 20.7. The zero-order valence-electron chi connectivity index (χ0n) is 13.6. The molecule has 4 nitrogen and oxygen atoms in total. The Kier molecular flexibility index (Phi) is 3.68. The molecule has 2 aromatic carbocycles. The molecule has 0 saturated carbocycles. The summed E-state index contributed by atoms with van der Waals surface area (Å²) in [6, 6.07) is 15.1. The fourth-order valence-corrected chi connectivity index (χ4v) is 2.95. The molecule has 118 valence electrons. The highest BCUT2D eigenvalue weighted by Gasteiger charge is 2.48. The molecule has 1 aliphatic heterocycles. The lowest BCUT2D eigenvalue weighted by Crippen LogP contribution is -2.40. The molecule has 1 heterocycles. The second-order valence-corrected chi connectivity index (χ2v) is 6.24. The third-order valence-electron chi connectivity index (χ3n) is 4.46. The van der Waals surface area contributed by atoms with E-state index in [0.29, 0.717) is 6.54 Å². The molecule has 1 saturated heterocycles. The molecule has 0 aromatic heterocycles. The second-order valence-electron chi connectivity index (χ2n) is 6.24. The quantitative estimate of drug-likeness (QED) is 0.885. The molecule has 3 amide bonds. The minimum atomic E-state index is -1.00. The van der Waals surface area contributed by atoms with Crippen LogP contribution in [0.25, 0.3) is 0 Å². The number of hydrogen-bond acceptors (Lipinski definition) is 2. The number of rotatable bonds is 3. The van der Waals surface area contributed by atoms with Crippen molar-refractivity contribution < 1.29 is 9.59 Å². The van der Waals surface area contributed by atoms with Crippen LogP contribution in [0, 0.1) is 13.8 Å². The molecule has 1 aliphatic rings. The molecule has 2 aromatic rings. The van der Waals surface area contributed by atoms with Gasteiger partial charge in [0.05, 0.1) is 6.54 Å². The van der Waals surface area contributed by atoms with Crippen LogP contribution >= 0.6 is 0 Å². The Hall–Kier alpha value is -2.62. The van der Waals surface area contributed by atoms with Gasteiger partial charge in [-0.25, -0.2) is 4.79 Å². The molecule has 23 heavy (non-hydrogen) atoms. The van der Waals surface area contributed by atoms with Gasteiger partial charge in [-0.2, -0.15) is 0 Å². The van der Waals surface area contributed by atoms with Crippen molar-refractivity contribution in [3.63, 3.8) is 0 Å². The second kappa shape index (κ2) is 5.54. The highest BCUT2D eigenvalue weighted by atomic mass is 16.2. The van der Waals surface area contributed by atoms with Crippen molar-refractivity contribution in [3.8, 4) is 0 Å². The summed E-state index contributed by atoms with van der Waals surface area (Å²) in [7, 11) is 0. The number of nitrogens with zero attached hydrogens (tertiary/aromatic N) is 1. The Morgan fingerprint density at radius 3 is 2.43 bits per heavy atom. The maximum Gasteiger partial charge on any atom is 0.325 e. The predicted octanol–water partition coefficient (Wildman–Crippen LogP) is 3.27. The first-order valence-corrected chi connectivity index (χ1v) is 7.67. The molecule has 1 N–H and O–H groups in total. The number of carbonyl (C=O) groups excluding carboxylic acids is 2. The monoisotopic (exact) mass is 308 g/mol. The van der Waals surface area contributed by atoms with Crippen LogP contribution in [0.3, 0.4) is 0 Å². The van der Waals surface area contributed by atoms with Gasteiger partial charge in [-0.15, -0.1) is 0 Å². The van der Waals surface area contributed by atoms with Crippen LogP contribution in [-0.4, -0.2) is 16.8 Å². The van der Waals surface area contributed by atoms with E-state index in [1.54, 1.807) is 6.92 Å². The van der Waals surface area contributed by atoms with Gasteiger partial charge in [-0.1, -0.05) is 54.1 Å². The van der Waals surface area contributed by atoms with Gasteiger partial charge in [0.2, 0.25) is 0 Å². The number of carbonyl (C=O) groups is 2. The topological polar surface area (TPSA) is 49.4 Å². The van der Waals surface area contributed by atoms with E-state index in [1.165, 1.54) is 4.90 Å². The summed E-state index contributed by atoms with van der Waals surface area (Å²) in [5.41, 5.74) is 2.97. The Balaban J connectivity index is 1.92. The zero-order valence-corrected chi connectivity index (χ0v) is 13.6. The molecule has 1 atom stereocenters. The maximum absolute atomic E-state index is 12.9. The lowest BCUT2D eigenvalue weighted by atomic mass is 9.92. The number of hydrogen-bond donors (Lipinski definition) is 1. The lowest BCUT2D eigenvalue weighted by molar-refractivity contribution is -0.131. The molecule has 0 radical (unpaired) electrons. The van der Waals surface area contributed by atoms with Crippen LogP contribution in [0.5, 0.6) is 0 Å². The first-order chi connectivity index (χ1) is 10.9. The van der Waals surface area contributed by atoms with Crippen LogP contribution in [0.1, 0.15) is 29.2 Å². The van der Waals surface area contributed by atoms with Gasteiger partial charge in [-0.05, 0) is 37.5 Å². The fourth-order valence-electron chi connectivity index (χ4n) is 2.95. The molecule has 0 bridgehead atoms. The summed E-state index contributed by atoms with van der Waals surface area (Å²) in [6.07, 6.45) is 0. The highest BCUT2D eigenvalue weighted by Crippen LogP contribution is 2.30. The van der Waals surface area contributed by atoms with Crippen molar-refractivity contribution >= 4 is 11.9 Å². The summed E-state index contributed by atoms with van der Waals surface area (Å²) in [5.74, 6) is -0.213. The largest absolute Gasteiger partial charge is 0.325 e. The van der Waals surface area contributed by atoms with E-state index in [1.807, 2.05) is 62.4 Å². The molecule has 3 rings (SSSR count). The van der Waals surface area contributed by atoms with Crippen molar-refractivity contribution in [1.82, 2.24) is 10.2 Å². The summed E-state index contributed by atoms with van der Waals surface area (Å²) in [5, 5.41) is 2.84. The zero-order chi connectivity index (χ0) is 16.6. The third-order valence-corrected chi connectivity index (χ3v) is 4.46. The number of benzene rings is 2. The van der Waals surface area contributed by atoms with Crippen LogP contribution in [0.4, 0.5) is 4.79 Å². The van der Waals surface area contributed by atoms with Gasteiger partial charge >= 0.3 is 6.03 Å². The number of aryl methyl sites for hydroxylation is 2. The predicted molar refractivity (Wildman–Crippen MR) is 88.8 cm³/mol. The van der Waals surface area contributed by atoms with E-state index >= 15 is 0 Å². The summed E-state index contributed by atoms with van der Waals surface area (Å²) in [6.45, 7) is 6.04. The van der Waals surface area contributed by atoms with E-state index in [9.17, 15) is 9.59 Å². The van der Waals surface area contributed by atoms with Gasteiger partial charge in [-0.3, -0.25) is 9.69 Å². The SMILES string of the molecule is Cc1ccc(C)c(CN2C(=O)N[C@@](C)(c3ccccc3)C2=O)c1. The standard InChI is InChI=1S/C19H20N2O2/c1-13-9-10-14(2)15(11-13)12-21-17(22)19(3,20-18(21)23)16-7-5-4-6-8-16/h4-11H,12H2,1-3H3,(H,20,23)/t19-/m0/s1. The fraction of sp³-hybridized carbons (Fsp3) is 0.263. The van der Waals surface area contributed by atoms with Gasteiger partial charge < -0.3 is 5.32 Å². The average Bonchev–Trinajstić information content (AvgIpc) is 2.76. The first kappa shape index (κ1) is 15.3. The van der Waals surface area contributed by atoms with Crippen LogP contribution < -0.4 is 5.32 Å². The molecule has 0 spiro atoms. The van der Waals surface area contributed by atoms with E-state index < -0.39 is 5.54 Å². The van der Waals surface area contributed by atoms with E-state index in [2.05, 4.69) is 5.32 Å². The lowest BCUT2D eigenvalue weighted by Gasteiger charge is -2.22. The van der Waals surface area contributed by atoms with Crippen molar-refractivity contribution in [2.75, 3.05) is 0 Å². The van der Waals surface area contributed by atoms with Crippen LogP contribution in [0.2, 0.25) is 0 Å². The Morgan fingerprint density at radius 2 is 1.74 bits per heavy atom. The minimum Gasteiger partial charge on any atom is -0.319 e. The van der Waals surface area contributed by atoms with Crippen molar-refractivity contribution in [2.24, 2.45) is 0 Å². The van der Waals surface area contributed by atoms with Crippen LogP contribution in [0.15, 0.2) is 48.5 Å². The Morgan fingerprint density at radius 1 is 1.04 bits per heavy atom. The average molecular weight is 308 g/mol. The van der Waals surface area contributed by atoms with Gasteiger partial charge in [0.1, 0.15) is 5.54 Å². The van der Waals surface area contributed by atoms with Gasteiger partial charge in [0, 0.05) is 0 Å². The van der Waals surface area contributed by atoms with Crippen LogP contribution in [-0.2, 0) is 16.9 Å². The molecule has 0 unspecified atom stereocenters. The maximum atomic E-state index is 12.9. The number of urea groups is 1. The first-order valence-electron chi connectivity index (χ1n) is 7.67. The number of nitrogens with one attached hydrogen (secondary N) is 1. The Bertz CT molecular complexity index is 770. The summed E-state index contributed by atoms with van der Waals surface area (Å²) >= 11 is 0. The highest BCUT2D eigenvalue weighted by molar-refractivity contribution is 6.07. The van der Waals surface area contributed by atoms with E-state index in [4.69, 9.17) is 0 Å². The third kappa shape index (κ3) is 2.61. The molecule has 1 fully saturated rings. The van der Waals surface area contributed by atoms with E-state index in [-0.39, 0.29) is 11.9 Å².